The zero-order chi connectivity index (χ0) is 19.1. The summed E-state index contributed by atoms with van der Waals surface area (Å²) in [5, 5.41) is 2.90. The van der Waals surface area contributed by atoms with E-state index in [1.165, 1.54) is 11.1 Å². The molecule has 1 amide bonds. The average Bonchev–Trinajstić information content (AvgIpc) is 2.71. The molecule has 27 heavy (non-hydrogen) atoms. The van der Waals surface area contributed by atoms with Gasteiger partial charge in [0.2, 0.25) is 5.95 Å². The minimum Gasteiger partial charge on any atom is -0.348 e. The molecule has 1 aromatic carbocycles. The number of pyridine rings is 1. The van der Waals surface area contributed by atoms with Crippen molar-refractivity contribution < 1.29 is 4.79 Å². The fourth-order valence-electron chi connectivity index (χ4n) is 2.69. The van der Waals surface area contributed by atoms with Gasteiger partial charge in [-0.3, -0.25) is 9.78 Å². The highest BCUT2D eigenvalue weighted by atomic mass is 16.1. The Labute approximate surface area is 159 Å². The van der Waals surface area contributed by atoms with Gasteiger partial charge in [0.15, 0.2) is 0 Å². The van der Waals surface area contributed by atoms with Gasteiger partial charge in [0.1, 0.15) is 0 Å². The molecule has 3 aromatic rings. The lowest BCUT2D eigenvalue weighted by atomic mass is 10.1. The highest BCUT2D eigenvalue weighted by Gasteiger charge is 2.09. The molecule has 0 spiro atoms. The van der Waals surface area contributed by atoms with Crippen LogP contribution in [0, 0.1) is 6.92 Å². The number of likely N-dealkylation sites (N-methyl/N-ethyl adjacent to an activating group) is 1. The summed E-state index contributed by atoms with van der Waals surface area (Å²) in [5.74, 6) is 0.418. The van der Waals surface area contributed by atoms with Gasteiger partial charge in [-0.2, -0.15) is 0 Å². The number of carbonyl (C=O) groups excluding carboxylic acids is 1. The molecule has 0 aliphatic carbocycles. The number of carbonyl (C=O) groups is 1. The molecular formula is C21H23N5O. The minimum atomic E-state index is -0.178. The molecule has 0 bridgehead atoms. The monoisotopic (exact) mass is 361 g/mol. The van der Waals surface area contributed by atoms with Crippen LogP contribution in [-0.2, 0) is 13.0 Å². The molecule has 0 aliphatic rings. The van der Waals surface area contributed by atoms with Crippen LogP contribution in [0.25, 0.3) is 0 Å². The van der Waals surface area contributed by atoms with E-state index in [9.17, 15) is 4.79 Å². The van der Waals surface area contributed by atoms with Crippen molar-refractivity contribution in [3.8, 4) is 0 Å². The van der Waals surface area contributed by atoms with E-state index in [-0.39, 0.29) is 5.91 Å². The van der Waals surface area contributed by atoms with Gasteiger partial charge in [0.25, 0.3) is 5.91 Å². The second-order valence-electron chi connectivity index (χ2n) is 6.47. The summed E-state index contributed by atoms with van der Waals surface area (Å²) in [4.78, 5) is 26.9. The molecule has 2 heterocycles. The molecule has 6 nitrogen and oxygen atoms in total. The SMILES string of the molecule is Cc1cccc(CNC(=O)c2cnc(N(C)CCc3ccncc3)nc2)c1. The lowest BCUT2D eigenvalue weighted by Crippen LogP contribution is -2.25. The Kier molecular flexibility index (Phi) is 6.10. The number of aromatic nitrogens is 3. The first kappa shape index (κ1) is 18.5. The van der Waals surface area contributed by atoms with Crippen LogP contribution in [0.5, 0.6) is 0 Å². The van der Waals surface area contributed by atoms with Crippen molar-refractivity contribution >= 4 is 11.9 Å². The first-order chi connectivity index (χ1) is 13.1. The van der Waals surface area contributed by atoms with Gasteiger partial charge in [0, 0.05) is 44.9 Å². The van der Waals surface area contributed by atoms with Crippen molar-refractivity contribution in [1.29, 1.82) is 0 Å². The predicted molar refractivity (Wildman–Crippen MR) is 106 cm³/mol. The van der Waals surface area contributed by atoms with Crippen LogP contribution < -0.4 is 10.2 Å². The normalized spacial score (nSPS) is 10.4. The Morgan fingerprint density at radius 3 is 2.52 bits per heavy atom. The number of nitrogens with one attached hydrogen (secondary N) is 1. The molecule has 0 radical (unpaired) electrons. The van der Waals surface area contributed by atoms with Crippen LogP contribution in [-0.4, -0.2) is 34.5 Å². The summed E-state index contributed by atoms with van der Waals surface area (Å²) >= 11 is 0. The Morgan fingerprint density at radius 2 is 1.81 bits per heavy atom. The first-order valence-electron chi connectivity index (χ1n) is 8.87. The molecule has 0 saturated heterocycles. The number of amides is 1. The maximum Gasteiger partial charge on any atom is 0.254 e. The molecule has 0 aliphatic heterocycles. The number of hydrogen-bond acceptors (Lipinski definition) is 5. The second-order valence-corrected chi connectivity index (χ2v) is 6.47. The van der Waals surface area contributed by atoms with Crippen molar-refractivity contribution in [3.05, 3.63) is 83.4 Å². The molecule has 3 rings (SSSR count). The summed E-state index contributed by atoms with van der Waals surface area (Å²) < 4.78 is 0. The highest BCUT2D eigenvalue weighted by molar-refractivity contribution is 5.93. The van der Waals surface area contributed by atoms with E-state index in [4.69, 9.17) is 0 Å². The van der Waals surface area contributed by atoms with E-state index >= 15 is 0 Å². The largest absolute Gasteiger partial charge is 0.348 e. The molecule has 0 fully saturated rings. The van der Waals surface area contributed by atoms with Gasteiger partial charge in [0.05, 0.1) is 5.56 Å². The molecule has 0 atom stereocenters. The Bertz CT molecular complexity index is 881. The maximum absolute atomic E-state index is 12.3. The van der Waals surface area contributed by atoms with Crippen LogP contribution >= 0.6 is 0 Å². The lowest BCUT2D eigenvalue weighted by molar-refractivity contribution is 0.0950. The predicted octanol–water partition coefficient (Wildman–Crippen LogP) is 2.79. The van der Waals surface area contributed by atoms with Crippen molar-refractivity contribution in [3.63, 3.8) is 0 Å². The third-order valence-corrected chi connectivity index (χ3v) is 4.26. The van der Waals surface area contributed by atoms with Gasteiger partial charge >= 0.3 is 0 Å². The summed E-state index contributed by atoms with van der Waals surface area (Å²) in [6.45, 7) is 3.29. The molecular weight excluding hydrogens is 338 g/mol. The van der Waals surface area contributed by atoms with Gasteiger partial charge < -0.3 is 10.2 Å². The van der Waals surface area contributed by atoms with Crippen LogP contribution in [0.2, 0.25) is 0 Å². The van der Waals surface area contributed by atoms with Gasteiger partial charge in [-0.15, -0.1) is 0 Å². The van der Waals surface area contributed by atoms with E-state index in [1.807, 2.05) is 49.2 Å². The molecule has 1 N–H and O–H groups in total. The van der Waals surface area contributed by atoms with Crippen LogP contribution in [0.4, 0.5) is 5.95 Å². The zero-order valence-electron chi connectivity index (χ0n) is 15.6. The Morgan fingerprint density at radius 1 is 1.07 bits per heavy atom. The van der Waals surface area contributed by atoms with Crippen LogP contribution in [0.15, 0.2) is 61.2 Å². The van der Waals surface area contributed by atoms with E-state index in [0.29, 0.717) is 18.1 Å². The number of aryl methyl sites for hydroxylation is 1. The average molecular weight is 361 g/mol. The number of hydrogen-bond donors (Lipinski definition) is 1. The van der Waals surface area contributed by atoms with Crippen LogP contribution in [0.3, 0.4) is 0 Å². The van der Waals surface area contributed by atoms with Gasteiger partial charge in [-0.25, -0.2) is 9.97 Å². The Balaban J connectivity index is 1.53. The summed E-state index contributed by atoms with van der Waals surface area (Å²) in [5.41, 5.74) is 3.90. The smallest absolute Gasteiger partial charge is 0.254 e. The zero-order valence-corrected chi connectivity index (χ0v) is 15.6. The van der Waals surface area contributed by atoms with Crippen molar-refractivity contribution in [1.82, 2.24) is 20.3 Å². The third kappa shape index (κ3) is 5.34. The number of anilines is 1. The fourth-order valence-corrected chi connectivity index (χ4v) is 2.69. The molecule has 138 valence electrons. The van der Waals surface area contributed by atoms with E-state index < -0.39 is 0 Å². The number of benzene rings is 1. The first-order valence-corrected chi connectivity index (χ1v) is 8.87. The van der Waals surface area contributed by atoms with E-state index in [2.05, 4.69) is 26.3 Å². The second kappa shape index (κ2) is 8.89. The minimum absolute atomic E-state index is 0.178. The number of nitrogens with zero attached hydrogens (tertiary/aromatic N) is 4. The molecule has 0 unspecified atom stereocenters. The summed E-state index contributed by atoms with van der Waals surface area (Å²) in [7, 11) is 1.94. The van der Waals surface area contributed by atoms with Crippen molar-refractivity contribution in [2.75, 3.05) is 18.5 Å². The van der Waals surface area contributed by atoms with Gasteiger partial charge in [-0.1, -0.05) is 29.8 Å². The van der Waals surface area contributed by atoms with E-state index in [0.717, 1.165) is 18.5 Å². The van der Waals surface area contributed by atoms with Crippen LogP contribution in [0.1, 0.15) is 27.0 Å². The molecule has 6 heteroatoms. The molecule has 0 saturated carbocycles. The van der Waals surface area contributed by atoms with Crippen molar-refractivity contribution in [2.45, 2.75) is 19.9 Å². The quantitative estimate of drug-likeness (QED) is 0.701. The highest BCUT2D eigenvalue weighted by Crippen LogP contribution is 2.08. The summed E-state index contributed by atoms with van der Waals surface area (Å²) in [6.07, 6.45) is 7.58. The third-order valence-electron chi connectivity index (χ3n) is 4.26. The molecule has 2 aromatic heterocycles. The van der Waals surface area contributed by atoms with E-state index in [1.54, 1.807) is 24.8 Å². The standard InChI is InChI=1S/C21H23N5O/c1-16-4-3-5-18(12-16)13-23-20(27)19-14-24-21(25-15-19)26(2)11-8-17-6-9-22-10-7-17/h3-7,9-10,12,14-15H,8,11,13H2,1-2H3,(H,23,27). The maximum atomic E-state index is 12.3. The lowest BCUT2D eigenvalue weighted by Gasteiger charge is -2.16. The number of rotatable bonds is 7. The fraction of sp³-hybridized carbons (Fsp3) is 0.238. The Hall–Kier alpha value is -3.28. The van der Waals surface area contributed by atoms with Crippen molar-refractivity contribution in [2.24, 2.45) is 0 Å². The topological polar surface area (TPSA) is 71.0 Å². The summed E-state index contributed by atoms with van der Waals surface area (Å²) in [6, 6.07) is 12.1. The van der Waals surface area contributed by atoms with Gasteiger partial charge in [-0.05, 0) is 36.6 Å².